The van der Waals surface area contributed by atoms with Crippen molar-refractivity contribution in [3.63, 3.8) is 0 Å². The summed E-state index contributed by atoms with van der Waals surface area (Å²) in [5.41, 5.74) is 2.19. The molecule has 0 unspecified atom stereocenters. The van der Waals surface area contributed by atoms with Gasteiger partial charge in [-0.2, -0.15) is 0 Å². The fraction of sp³-hybridized carbons (Fsp3) is 0.400. The second-order valence-corrected chi connectivity index (χ2v) is 6.08. The molecule has 0 saturated heterocycles. The highest BCUT2D eigenvalue weighted by Crippen LogP contribution is 2.22. The predicted octanol–water partition coefficient (Wildman–Crippen LogP) is 3.26. The van der Waals surface area contributed by atoms with E-state index >= 15 is 0 Å². The molecular weight excluding hydrogens is 286 g/mol. The fourth-order valence-electron chi connectivity index (χ4n) is 1.94. The van der Waals surface area contributed by atoms with Crippen molar-refractivity contribution in [1.82, 2.24) is 10.2 Å². The van der Waals surface area contributed by atoms with Crippen LogP contribution in [-0.4, -0.2) is 22.2 Å². The van der Waals surface area contributed by atoms with Gasteiger partial charge in [-0.15, -0.1) is 10.2 Å². The zero-order chi connectivity index (χ0) is 15.4. The average Bonchev–Trinajstić information content (AvgIpc) is 2.83. The van der Waals surface area contributed by atoms with E-state index in [0.29, 0.717) is 11.6 Å². The molecule has 21 heavy (non-hydrogen) atoms. The molecule has 0 radical (unpaired) electrons. The van der Waals surface area contributed by atoms with Gasteiger partial charge in [0.25, 0.3) is 5.91 Å². The molecule has 0 saturated carbocycles. The summed E-state index contributed by atoms with van der Waals surface area (Å²) < 4.78 is 5.83. The van der Waals surface area contributed by atoms with Crippen molar-refractivity contribution in [2.75, 3.05) is 5.32 Å². The number of carbonyl (C=O) groups excluding carboxylic acids is 1. The maximum atomic E-state index is 12.2. The molecule has 0 aliphatic rings. The minimum atomic E-state index is -0.546. The van der Waals surface area contributed by atoms with Crippen molar-refractivity contribution in [2.45, 2.75) is 40.2 Å². The van der Waals surface area contributed by atoms with Crippen molar-refractivity contribution >= 4 is 22.4 Å². The van der Waals surface area contributed by atoms with Gasteiger partial charge in [0.1, 0.15) is 10.8 Å². The average molecular weight is 305 g/mol. The van der Waals surface area contributed by atoms with Crippen LogP contribution in [0.25, 0.3) is 0 Å². The lowest BCUT2D eigenvalue weighted by atomic mass is 10.1. The molecule has 5 nitrogen and oxygen atoms in total. The number of hydrogen-bond donors (Lipinski definition) is 1. The van der Waals surface area contributed by atoms with Crippen LogP contribution in [0.1, 0.15) is 29.5 Å². The highest BCUT2D eigenvalue weighted by molar-refractivity contribution is 7.15. The second kappa shape index (κ2) is 6.67. The molecule has 1 amide bonds. The van der Waals surface area contributed by atoms with Crippen LogP contribution in [0.15, 0.2) is 18.2 Å². The minimum absolute atomic E-state index is 0.200. The van der Waals surface area contributed by atoms with Gasteiger partial charge < -0.3 is 4.74 Å². The van der Waals surface area contributed by atoms with E-state index in [1.54, 1.807) is 0 Å². The summed E-state index contributed by atoms with van der Waals surface area (Å²) in [6.07, 6.45) is 0.0346. The van der Waals surface area contributed by atoms with E-state index < -0.39 is 6.10 Å². The molecule has 1 aromatic carbocycles. The highest BCUT2D eigenvalue weighted by Gasteiger charge is 2.20. The van der Waals surface area contributed by atoms with Crippen LogP contribution in [0, 0.1) is 20.8 Å². The number of ether oxygens (including phenoxy) is 1. The summed E-state index contributed by atoms with van der Waals surface area (Å²) in [4.78, 5) is 12.2. The van der Waals surface area contributed by atoms with E-state index in [4.69, 9.17) is 4.74 Å². The van der Waals surface area contributed by atoms with E-state index in [1.807, 2.05) is 45.9 Å². The first kappa shape index (κ1) is 15.4. The largest absolute Gasteiger partial charge is 0.480 e. The third kappa shape index (κ3) is 4.01. The number of aromatic nitrogens is 2. The summed E-state index contributed by atoms with van der Waals surface area (Å²) in [5.74, 6) is 0.532. The van der Waals surface area contributed by atoms with Gasteiger partial charge in [0.15, 0.2) is 6.10 Å². The molecular formula is C15H19N3O2S. The summed E-state index contributed by atoms with van der Waals surface area (Å²) in [6.45, 7) is 7.76. The van der Waals surface area contributed by atoms with Gasteiger partial charge in [-0.3, -0.25) is 10.1 Å². The van der Waals surface area contributed by atoms with Gasteiger partial charge in [-0.1, -0.05) is 36.0 Å². The van der Waals surface area contributed by atoms with Crippen molar-refractivity contribution in [2.24, 2.45) is 0 Å². The number of rotatable bonds is 5. The summed E-state index contributed by atoms with van der Waals surface area (Å²) in [6, 6.07) is 5.91. The fourth-order valence-corrected chi connectivity index (χ4v) is 2.53. The van der Waals surface area contributed by atoms with Gasteiger partial charge >= 0.3 is 0 Å². The van der Waals surface area contributed by atoms with Gasteiger partial charge in [0.2, 0.25) is 5.13 Å². The Balaban J connectivity index is 2.06. The maximum absolute atomic E-state index is 12.2. The van der Waals surface area contributed by atoms with Crippen LogP contribution in [0.4, 0.5) is 5.13 Å². The van der Waals surface area contributed by atoms with Crippen LogP contribution < -0.4 is 10.1 Å². The monoisotopic (exact) mass is 305 g/mol. The SMILES string of the molecule is CC[C@H](Oc1ccc(C)cc1C)C(=O)Nc1nnc(C)s1. The Bertz CT molecular complexity index is 640. The van der Waals surface area contributed by atoms with Crippen molar-refractivity contribution < 1.29 is 9.53 Å². The Kier molecular flexibility index (Phi) is 4.90. The highest BCUT2D eigenvalue weighted by atomic mass is 32.1. The third-order valence-corrected chi connectivity index (χ3v) is 3.77. The lowest BCUT2D eigenvalue weighted by molar-refractivity contribution is -0.122. The number of hydrogen-bond acceptors (Lipinski definition) is 5. The standard InChI is InChI=1S/C15H19N3O2S/c1-5-12(14(19)16-15-18-17-11(4)21-15)20-13-7-6-9(2)8-10(13)3/h6-8,12H,5H2,1-4H3,(H,16,18,19)/t12-/m0/s1. The number of amides is 1. The van der Waals surface area contributed by atoms with Gasteiger partial charge in [0.05, 0.1) is 0 Å². The number of nitrogens with zero attached hydrogens (tertiary/aromatic N) is 2. The molecule has 2 aromatic rings. The Morgan fingerprint density at radius 2 is 2.10 bits per heavy atom. The normalized spacial score (nSPS) is 12.0. The smallest absolute Gasteiger partial charge is 0.267 e. The molecule has 0 bridgehead atoms. The maximum Gasteiger partial charge on any atom is 0.267 e. The van der Waals surface area contributed by atoms with Crippen LogP contribution in [0.5, 0.6) is 5.75 Å². The van der Waals surface area contributed by atoms with Crippen molar-refractivity contribution in [3.8, 4) is 5.75 Å². The van der Waals surface area contributed by atoms with E-state index in [0.717, 1.165) is 16.3 Å². The Morgan fingerprint density at radius 1 is 1.33 bits per heavy atom. The predicted molar refractivity (Wildman–Crippen MR) is 83.9 cm³/mol. The first-order valence-electron chi connectivity index (χ1n) is 6.84. The molecule has 0 aliphatic heterocycles. The van der Waals surface area contributed by atoms with Crippen LogP contribution in [-0.2, 0) is 4.79 Å². The molecule has 1 heterocycles. The first-order chi connectivity index (χ1) is 9.99. The quantitative estimate of drug-likeness (QED) is 0.921. The van der Waals surface area contributed by atoms with Crippen molar-refractivity contribution in [1.29, 1.82) is 0 Å². The van der Waals surface area contributed by atoms with E-state index in [-0.39, 0.29) is 5.91 Å². The van der Waals surface area contributed by atoms with Gasteiger partial charge in [-0.05, 0) is 38.8 Å². The van der Waals surface area contributed by atoms with E-state index in [9.17, 15) is 4.79 Å². The summed E-state index contributed by atoms with van der Waals surface area (Å²) >= 11 is 1.35. The van der Waals surface area contributed by atoms with Crippen LogP contribution in [0.2, 0.25) is 0 Å². The van der Waals surface area contributed by atoms with E-state index in [2.05, 4.69) is 15.5 Å². The number of aryl methyl sites for hydroxylation is 3. The summed E-state index contributed by atoms with van der Waals surface area (Å²) in [5, 5.41) is 11.8. The number of carbonyl (C=O) groups is 1. The molecule has 112 valence electrons. The Morgan fingerprint density at radius 3 is 2.67 bits per heavy atom. The molecule has 1 aromatic heterocycles. The second-order valence-electron chi connectivity index (χ2n) is 4.90. The topological polar surface area (TPSA) is 64.1 Å². The molecule has 2 rings (SSSR count). The first-order valence-corrected chi connectivity index (χ1v) is 7.66. The number of nitrogens with one attached hydrogen (secondary N) is 1. The molecule has 0 fully saturated rings. The molecule has 6 heteroatoms. The number of anilines is 1. The lowest BCUT2D eigenvalue weighted by Crippen LogP contribution is -2.32. The minimum Gasteiger partial charge on any atom is -0.480 e. The van der Waals surface area contributed by atoms with Crippen LogP contribution in [0.3, 0.4) is 0 Å². The number of benzene rings is 1. The van der Waals surface area contributed by atoms with Crippen LogP contribution >= 0.6 is 11.3 Å². The summed E-state index contributed by atoms with van der Waals surface area (Å²) in [7, 11) is 0. The molecule has 1 N–H and O–H groups in total. The lowest BCUT2D eigenvalue weighted by Gasteiger charge is -2.18. The molecule has 1 atom stereocenters. The van der Waals surface area contributed by atoms with Gasteiger partial charge in [-0.25, -0.2) is 0 Å². The molecule has 0 aliphatic carbocycles. The van der Waals surface area contributed by atoms with E-state index in [1.165, 1.54) is 16.9 Å². The third-order valence-electron chi connectivity index (χ3n) is 3.02. The Labute approximate surface area is 128 Å². The van der Waals surface area contributed by atoms with Crippen molar-refractivity contribution in [3.05, 3.63) is 34.3 Å². The molecule has 0 spiro atoms. The zero-order valence-electron chi connectivity index (χ0n) is 12.6. The zero-order valence-corrected chi connectivity index (χ0v) is 13.5. The Hall–Kier alpha value is -1.95. The van der Waals surface area contributed by atoms with Gasteiger partial charge in [0, 0.05) is 0 Å².